The van der Waals surface area contributed by atoms with E-state index in [2.05, 4.69) is 4.98 Å². The van der Waals surface area contributed by atoms with Crippen LogP contribution in [-0.4, -0.2) is 35.2 Å². The molecule has 0 aliphatic rings. The average Bonchev–Trinajstić information content (AvgIpc) is 2.77. The molecule has 1 aromatic heterocycles. The van der Waals surface area contributed by atoms with Crippen molar-refractivity contribution in [1.29, 1.82) is 0 Å². The van der Waals surface area contributed by atoms with Gasteiger partial charge < -0.3 is 14.2 Å². The fourth-order valence-electron chi connectivity index (χ4n) is 3.10. The van der Waals surface area contributed by atoms with Gasteiger partial charge in [0.25, 0.3) is 5.69 Å². The molecule has 0 saturated heterocycles. The van der Waals surface area contributed by atoms with Crippen LogP contribution in [0.1, 0.15) is 25.0 Å². The van der Waals surface area contributed by atoms with Crippen LogP contribution in [0, 0.1) is 10.1 Å². The molecule has 2 aromatic carbocycles. The Bertz CT molecular complexity index is 1050. The lowest BCUT2D eigenvalue weighted by Gasteiger charge is -2.15. The van der Waals surface area contributed by atoms with Crippen molar-refractivity contribution in [1.82, 2.24) is 4.98 Å². The van der Waals surface area contributed by atoms with E-state index in [0.717, 1.165) is 22.0 Å². The summed E-state index contributed by atoms with van der Waals surface area (Å²) in [7, 11) is 0. The van der Waals surface area contributed by atoms with E-state index >= 15 is 0 Å². The Morgan fingerprint density at radius 1 is 1.06 bits per heavy atom. The summed E-state index contributed by atoms with van der Waals surface area (Å²) in [6, 6.07) is 13.7. The predicted molar refractivity (Wildman–Crippen MR) is 115 cm³/mol. The van der Waals surface area contributed by atoms with E-state index in [4.69, 9.17) is 14.2 Å². The lowest BCUT2D eigenvalue weighted by atomic mass is 10.1. The van der Waals surface area contributed by atoms with Crippen molar-refractivity contribution in [3.63, 3.8) is 0 Å². The Labute approximate surface area is 179 Å². The van der Waals surface area contributed by atoms with Crippen LogP contribution in [0.4, 0.5) is 5.69 Å². The molecule has 0 amide bonds. The van der Waals surface area contributed by atoms with Gasteiger partial charge in [-0.2, -0.15) is 0 Å². The fourth-order valence-corrected chi connectivity index (χ4v) is 3.10. The summed E-state index contributed by atoms with van der Waals surface area (Å²) in [4.78, 5) is 26.9. The summed E-state index contributed by atoms with van der Waals surface area (Å²) in [6.07, 6.45) is 1.42. The van der Waals surface area contributed by atoms with Crippen LogP contribution in [0.2, 0.25) is 0 Å². The third kappa shape index (κ3) is 5.99. The number of esters is 1. The molecule has 0 bridgehead atoms. The lowest BCUT2D eigenvalue weighted by Crippen LogP contribution is -2.29. The Morgan fingerprint density at radius 2 is 1.84 bits per heavy atom. The van der Waals surface area contributed by atoms with Crippen molar-refractivity contribution in [3.05, 3.63) is 76.0 Å². The van der Waals surface area contributed by atoms with Crippen molar-refractivity contribution in [2.45, 2.75) is 33.0 Å². The molecule has 0 N–H and O–H groups in total. The number of benzene rings is 2. The van der Waals surface area contributed by atoms with Gasteiger partial charge in [-0.05, 0) is 61.4 Å². The number of carbonyl (C=O) groups is 1. The van der Waals surface area contributed by atoms with Crippen LogP contribution in [0.3, 0.4) is 0 Å². The highest BCUT2D eigenvalue weighted by molar-refractivity contribution is 5.81. The number of fused-ring (bicyclic) bond motifs is 1. The first-order chi connectivity index (χ1) is 15.0. The molecule has 3 rings (SSSR count). The molecule has 3 aromatic rings. The molecule has 8 heteroatoms. The monoisotopic (exact) mass is 424 g/mol. The number of ether oxygens (including phenoxy) is 3. The zero-order chi connectivity index (χ0) is 22.2. The third-order valence-electron chi connectivity index (χ3n) is 4.60. The van der Waals surface area contributed by atoms with E-state index in [1.54, 1.807) is 25.3 Å². The van der Waals surface area contributed by atoms with Gasteiger partial charge in [-0.1, -0.05) is 0 Å². The zero-order valence-corrected chi connectivity index (χ0v) is 17.4. The summed E-state index contributed by atoms with van der Waals surface area (Å²) in [5, 5.41) is 11.6. The summed E-state index contributed by atoms with van der Waals surface area (Å²) in [5.74, 6) is 0.265. The van der Waals surface area contributed by atoms with Gasteiger partial charge in [-0.25, -0.2) is 4.79 Å². The van der Waals surface area contributed by atoms with Gasteiger partial charge in [0.05, 0.1) is 17.0 Å². The number of rotatable bonds is 10. The number of carbonyl (C=O) groups excluding carboxylic acids is 1. The molecule has 0 saturated carbocycles. The second-order valence-corrected chi connectivity index (χ2v) is 6.81. The van der Waals surface area contributed by atoms with Crippen LogP contribution in [-0.2, 0) is 27.3 Å². The van der Waals surface area contributed by atoms with Crippen molar-refractivity contribution in [2.75, 3.05) is 13.2 Å². The Morgan fingerprint density at radius 3 is 2.52 bits per heavy atom. The summed E-state index contributed by atoms with van der Waals surface area (Å²) < 4.78 is 16.5. The number of non-ortho nitro benzene ring substituents is 1. The van der Waals surface area contributed by atoms with E-state index in [9.17, 15) is 14.9 Å². The first kappa shape index (κ1) is 22.2. The van der Waals surface area contributed by atoms with Crippen molar-refractivity contribution >= 4 is 22.6 Å². The van der Waals surface area contributed by atoms with Crippen molar-refractivity contribution < 1.29 is 23.9 Å². The van der Waals surface area contributed by atoms with E-state index in [1.807, 2.05) is 31.2 Å². The van der Waals surface area contributed by atoms with Gasteiger partial charge >= 0.3 is 5.97 Å². The standard InChI is InChI=1S/C23H24N2O6/c1-3-29-22(23(26)30-4-2)12-17-11-18-13-20(9-10-21(18)24-14-17)31-15-16-5-7-19(8-6-16)25(27)28/h5-11,13-14,22H,3-4,12,15H2,1-2H3. The molecular formula is C23H24N2O6. The van der Waals surface area contributed by atoms with Gasteiger partial charge in [-0.3, -0.25) is 15.1 Å². The van der Waals surface area contributed by atoms with Crippen molar-refractivity contribution in [3.8, 4) is 5.75 Å². The molecule has 0 radical (unpaired) electrons. The number of nitro benzene ring substituents is 1. The zero-order valence-electron chi connectivity index (χ0n) is 17.4. The molecule has 1 unspecified atom stereocenters. The highest BCUT2D eigenvalue weighted by Gasteiger charge is 2.21. The molecule has 0 fully saturated rings. The topological polar surface area (TPSA) is 101 Å². The maximum absolute atomic E-state index is 12.1. The SMILES string of the molecule is CCOC(=O)C(Cc1cnc2ccc(OCc3ccc([N+](=O)[O-])cc3)cc2c1)OCC. The van der Waals surface area contributed by atoms with Gasteiger partial charge in [0.15, 0.2) is 6.10 Å². The minimum absolute atomic E-state index is 0.0428. The second-order valence-electron chi connectivity index (χ2n) is 6.81. The maximum atomic E-state index is 12.1. The minimum atomic E-state index is -0.675. The minimum Gasteiger partial charge on any atom is -0.489 e. The van der Waals surface area contributed by atoms with E-state index in [1.165, 1.54) is 12.1 Å². The molecule has 31 heavy (non-hydrogen) atoms. The number of hydrogen-bond acceptors (Lipinski definition) is 7. The highest BCUT2D eigenvalue weighted by atomic mass is 16.6. The quantitative estimate of drug-likeness (QED) is 0.273. The number of pyridine rings is 1. The van der Waals surface area contributed by atoms with E-state index in [0.29, 0.717) is 25.4 Å². The molecule has 8 nitrogen and oxygen atoms in total. The van der Waals surface area contributed by atoms with Crippen LogP contribution in [0.15, 0.2) is 54.7 Å². The van der Waals surface area contributed by atoms with Crippen LogP contribution >= 0.6 is 0 Å². The average molecular weight is 424 g/mol. The lowest BCUT2D eigenvalue weighted by molar-refractivity contribution is -0.384. The smallest absolute Gasteiger partial charge is 0.335 e. The van der Waals surface area contributed by atoms with Gasteiger partial charge in [0.1, 0.15) is 12.4 Å². The Hall–Kier alpha value is -3.52. The van der Waals surface area contributed by atoms with Crippen LogP contribution in [0.25, 0.3) is 10.9 Å². The molecule has 0 aliphatic heterocycles. The molecule has 1 atom stereocenters. The number of hydrogen-bond donors (Lipinski definition) is 0. The van der Waals surface area contributed by atoms with E-state index < -0.39 is 11.0 Å². The fraction of sp³-hybridized carbons (Fsp3) is 0.304. The molecule has 0 spiro atoms. The van der Waals surface area contributed by atoms with Crippen molar-refractivity contribution in [2.24, 2.45) is 0 Å². The Balaban J connectivity index is 1.72. The third-order valence-corrected chi connectivity index (χ3v) is 4.60. The van der Waals surface area contributed by atoms with E-state index in [-0.39, 0.29) is 18.3 Å². The largest absolute Gasteiger partial charge is 0.489 e. The molecule has 1 heterocycles. The summed E-state index contributed by atoms with van der Waals surface area (Å²) in [6.45, 7) is 4.58. The second kappa shape index (κ2) is 10.5. The molecule has 162 valence electrons. The number of nitro groups is 1. The predicted octanol–water partition coefficient (Wildman–Crippen LogP) is 4.23. The van der Waals surface area contributed by atoms with Gasteiger partial charge in [0.2, 0.25) is 0 Å². The summed E-state index contributed by atoms with van der Waals surface area (Å²) >= 11 is 0. The first-order valence-corrected chi connectivity index (χ1v) is 10.0. The summed E-state index contributed by atoms with van der Waals surface area (Å²) in [5.41, 5.74) is 2.52. The maximum Gasteiger partial charge on any atom is 0.335 e. The number of aromatic nitrogens is 1. The molecule has 0 aliphatic carbocycles. The normalized spacial score (nSPS) is 11.8. The van der Waals surface area contributed by atoms with Gasteiger partial charge in [0, 0.05) is 36.7 Å². The first-order valence-electron chi connectivity index (χ1n) is 10.0. The molecular weight excluding hydrogens is 400 g/mol. The highest BCUT2D eigenvalue weighted by Crippen LogP contribution is 2.22. The number of nitrogens with zero attached hydrogens (tertiary/aromatic N) is 2. The van der Waals surface area contributed by atoms with Gasteiger partial charge in [-0.15, -0.1) is 0 Å². The Kier molecular flexibility index (Phi) is 7.50. The van der Waals surface area contributed by atoms with Crippen LogP contribution < -0.4 is 4.74 Å². The van der Waals surface area contributed by atoms with Crippen LogP contribution in [0.5, 0.6) is 5.75 Å².